The van der Waals surface area contributed by atoms with Crippen LogP contribution in [0.1, 0.15) is 26.2 Å². The molecule has 20 heavy (non-hydrogen) atoms. The van der Waals surface area contributed by atoms with E-state index in [0.717, 1.165) is 43.8 Å². The number of hydrogen-bond donors (Lipinski definition) is 1. The van der Waals surface area contributed by atoms with Crippen molar-refractivity contribution in [2.75, 3.05) is 24.6 Å². The molecule has 0 saturated carbocycles. The van der Waals surface area contributed by atoms with Gasteiger partial charge >= 0.3 is 0 Å². The summed E-state index contributed by atoms with van der Waals surface area (Å²) in [5, 5.41) is 3.41. The molecule has 2 heterocycles. The zero-order chi connectivity index (χ0) is 13.9. The summed E-state index contributed by atoms with van der Waals surface area (Å²) in [6.45, 7) is 4.40. The van der Waals surface area contributed by atoms with Gasteiger partial charge in [0.15, 0.2) is 0 Å². The first-order chi connectivity index (χ1) is 9.75. The van der Waals surface area contributed by atoms with E-state index in [1.165, 1.54) is 0 Å². The number of carbonyl (C=O) groups is 1. The molecule has 0 aliphatic carbocycles. The second-order valence-corrected chi connectivity index (χ2v) is 5.74. The van der Waals surface area contributed by atoms with Crippen molar-refractivity contribution in [3.63, 3.8) is 0 Å². The molecule has 1 fully saturated rings. The largest absolute Gasteiger partial charge is 0.491 e. The van der Waals surface area contributed by atoms with Crippen molar-refractivity contribution in [2.45, 2.75) is 32.2 Å². The maximum absolute atomic E-state index is 12.8. The third-order valence-electron chi connectivity index (χ3n) is 4.22. The third-order valence-corrected chi connectivity index (χ3v) is 4.22. The van der Waals surface area contributed by atoms with Gasteiger partial charge in [0, 0.05) is 19.1 Å². The van der Waals surface area contributed by atoms with Gasteiger partial charge in [0.2, 0.25) is 5.91 Å². The summed E-state index contributed by atoms with van der Waals surface area (Å²) >= 11 is 0. The van der Waals surface area contributed by atoms with E-state index in [4.69, 9.17) is 4.74 Å². The molecule has 1 amide bonds. The van der Waals surface area contributed by atoms with E-state index < -0.39 is 0 Å². The van der Waals surface area contributed by atoms with Gasteiger partial charge < -0.3 is 15.0 Å². The molecule has 0 spiro atoms. The lowest BCUT2D eigenvalue weighted by Gasteiger charge is -2.31. The summed E-state index contributed by atoms with van der Waals surface area (Å²) in [7, 11) is 0. The second kappa shape index (κ2) is 5.83. The molecule has 0 bridgehead atoms. The lowest BCUT2D eigenvalue weighted by atomic mass is 9.94. The van der Waals surface area contributed by atoms with Crippen LogP contribution in [-0.2, 0) is 4.79 Å². The van der Waals surface area contributed by atoms with E-state index in [1.807, 2.05) is 29.2 Å². The zero-order valence-corrected chi connectivity index (χ0v) is 12.0. The Morgan fingerprint density at radius 1 is 1.35 bits per heavy atom. The number of ether oxygens (including phenoxy) is 1. The molecule has 1 aromatic carbocycles. The molecular formula is C16H22N2O2. The Morgan fingerprint density at radius 3 is 3.00 bits per heavy atom. The Kier molecular flexibility index (Phi) is 3.92. The molecule has 4 nitrogen and oxygen atoms in total. The van der Waals surface area contributed by atoms with Gasteiger partial charge in [-0.3, -0.25) is 4.79 Å². The van der Waals surface area contributed by atoms with Gasteiger partial charge in [-0.05, 0) is 38.3 Å². The predicted molar refractivity (Wildman–Crippen MR) is 79.1 cm³/mol. The number of fused-ring (bicyclic) bond motifs is 1. The SMILES string of the molecule is CC1CCC(C(=O)N2CCCOc3ccccc32)CN1. The monoisotopic (exact) mass is 274 g/mol. The van der Waals surface area contributed by atoms with Gasteiger partial charge in [0.1, 0.15) is 5.75 Å². The molecule has 1 saturated heterocycles. The van der Waals surface area contributed by atoms with Crippen molar-refractivity contribution < 1.29 is 9.53 Å². The topological polar surface area (TPSA) is 41.6 Å². The molecule has 0 aromatic heterocycles. The van der Waals surface area contributed by atoms with Crippen LogP contribution in [-0.4, -0.2) is 31.6 Å². The molecule has 2 unspecified atom stereocenters. The van der Waals surface area contributed by atoms with E-state index in [9.17, 15) is 4.79 Å². The number of benzene rings is 1. The van der Waals surface area contributed by atoms with Gasteiger partial charge in [-0.1, -0.05) is 12.1 Å². The highest BCUT2D eigenvalue weighted by Gasteiger charge is 2.30. The van der Waals surface area contributed by atoms with Crippen LogP contribution < -0.4 is 15.0 Å². The molecule has 2 aliphatic heterocycles. The molecule has 1 aromatic rings. The summed E-state index contributed by atoms with van der Waals surface area (Å²) in [4.78, 5) is 14.7. The van der Waals surface area contributed by atoms with Crippen LogP contribution in [0.15, 0.2) is 24.3 Å². The summed E-state index contributed by atoms with van der Waals surface area (Å²) in [6, 6.07) is 8.38. The Bertz CT molecular complexity index is 481. The number of para-hydroxylation sites is 2. The average Bonchev–Trinajstić information content (AvgIpc) is 2.69. The van der Waals surface area contributed by atoms with Crippen molar-refractivity contribution in [1.82, 2.24) is 5.32 Å². The Balaban J connectivity index is 1.80. The van der Waals surface area contributed by atoms with Crippen molar-refractivity contribution in [1.29, 1.82) is 0 Å². The van der Waals surface area contributed by atoms with Gasteiger partial charge in [0.25, 0.3) is 0 Å². The van der Waals surface area contributed by atoms with E-state index in [1.54, 1.807) is 0 Å². The Labute approximate surface area is 120 Å². The van der Waals surface area contributed by atoms with Crippen LogP contribution in [0.5, 0.6) is 5.75 Å². The van der Waals surface area contributed by atoms with Crippen LogP contribution in [0.2, 0.25) is 0 Å². The summed E-state index contributed by atoms with van der Waals surface area (Å²) in [5.74, 6) is 1.16. The smallest absolute Gasteiger partial charge is 0.231 e. The molecule has 4 heteroatoms. The maximum Gasteiger partial charge on any atom is 0.231 e. The van der Waals surface area contributed by atoms with Gasteiger partial charge in [-0.25, -0.2) is 0 Å². The lowest BCUT2D eigenvalue weighted by Crippen LogP contribution is -2.46. The molecule has 0 radical (unpaired) electrons. The fraction of sp³-hybridized carbons (Fsp3) is 0.562. The molecule has 108 valence electrons. The number of nitrogens with zero attached hydrogens (tertiary/aromatic N) is 1. The number of carbonyl (C=O) groups excluding carboxylic acids is 1. The number of piperidine rings is 1. The van der Waals surface area contributed by atoms with Crippen LogP contribution >= 0.6 is 0 Å². The first-order valence-corrected chi connectivity index (χ1v) is 7.52. The Morgan fingerprint density at radius 2 is 2.20 bits per heavy atom. The minimum Gasteiger partial charge on any atom is -0.491 e. The molecule has 2 atom stereocenters. The van der Waals surface area contributed by atoms with Crippen molar-refractivity contribution in [3.05, 3.63) is 24.3 Å². The summed E-state index contributed by atoms with van der Waals surface area (Å²) in [5.41, 5.74) is 0.925. The third kappa shape index (κ3) is 2.66. The standard InChI is InChI=1S/C16H22N2O2/c1-12-7-8-13(11-17-12)16(19)18-9-4-10-20-15-6-3-2-5-14(15)18/h2-3,5-6,12-13,17H,4,7-11H2,1H3. The zero-order valence-electron chi connectivity index (χ0n) is 12.0. The van der Waals surface area contributed by atoms with Crippen molar-refractivity contribution in [3.8, 4) is 5.75 Å². The van der Waals surface area contributed by atoms with Gasteiger partial charge in [-0.2, -0.15) is 0 Å². The number of nitrogens with one attached hydrogen (secondary N) is 1. The van der Waals surface area contributed by atoms with Crippen molar-refractivity contribution >= 4 is 11.6 Å². The van der Waals surface area contributed by atoms with E-state index in [-0.39, 0.29) is 11.8 Å². The van der Waals surface area contributed by atoms with E-state index >= 15 is 0 Å². The van der Waals surface area contributed by atoms with Crippen LogP contribution in [0.3, 0.4) is 0 Å². The van der Waals surface area contributed by atoms with E-state index in [2.05, 4.69) is 12.2 Å². The second-order valence-electron chi connectivity index (χ2n) is 5.74. The quantitative estimate of drug-likeness (QED) is 0.853. The number of anilines is 1. The van der Waals surface area contributed by atoms with Gasteiger partial charge in [0.05, 0.1) is 18.2 Å². The van der Waals surface area contributed by atoms with Crippen LogP contribution in [0.25, 0.3) is 0 Å². The molecule has 1 N–H and O–H groups in total. The van der Waals surface area contributed by atoms with Crippen LogP contribution in [0.4, 0.5) is 5.69 Å². The first kappa shape index (κ1) is 13.4. The number of rotatable bonds is 1. The fourth-order valence-corrected chi connectivity index (χ4v) is 2.99. The van der Waals surface area contributed by atoms with E-state index in [0.29, 0.717) is 12.6 Å². The first-order valence-electron chi connectivity index (χ1n) is 7.52. The fourth-order valence-electron chi connectivity index (χ4n) is 2.99. The molecular weight excluding hydrogens is 252 g/mol. The highest BCUT2D eigenvalue weighted by Crippen LogP contribution is 2.32. The minimum atomic E-state index is 0.0948. The Hall–Kier alpha value is -1.55. The lowest BCUT2D eigenvalue weighted by molar-refractivity contribution is -0.123. The highest BCUT2D eigenvalue weighted by molar-refractivity contribution is 5.96. The normalized spacial score (nSPS) is 26.4. The average molecular weight is 274 g/mol. The molecule has 3 rings (SSSR count). The highest BCUT2D eigenvalue weighted by atomic mass is 16.5. The summed E-state index contributed by atoms with van der Waals surface area (Å²) < 4.78 is 5.72. The van der Waals surface area contributed by atoms with Crippen molar-refractivity contribution in [2.24, 2.45) is 5.92 Å². The van der Waals surface area contributed by atoms with Crippen LogP contribution in [0, 0.1) is 5.92 Å². The summed E-state index contributed by atoms with van der Waals surface area (Å²) in [6.07, 6.45) is 2.94. The van der Waals surface area contributed by atoms with Gasteiger partial charge in [-0.15, -0.1) is 0 Å². The maximum atomic E-state index is 12.8. The number of hydrogen-bond acceptors (Lipinski definition) is 3. The molecule has 2 aliphatic rings. The predicted octanol–water partition coefficient (Wildman–Crippen LogP) is 2.19. The number of amides is 1. The minimum absolute atomic E-state index is 0.0948.